The summed E-state index contributed by atoms with van der Waals surface area (Å²) in [5.41, 5.74) is -0.438. The van der Waals surface area contributed by atoms with Gasteiger partial charge in [0.25, 0.3) is 0 Å². The Morgan fingerprint density at radius 3 is 2.62 bits per heavy atom. The fourth-order valence-corrected chi connectivity index (χ4v) is 2.19. The molecule has 16 heavy (non-hydrogen) atoms. The van der Waals surface area contributed by atoms with E-state index in [4.69, 9.17) is 4.74 Å². The van der Waals surface area contributed by atoms with E-state index in [2.05, 4.69) is 10.6 Å². The van der Waals surface area contributed by atoms with Crippen molar-refractivity contribution in [1.82, 2.24) is 10.6 Å². The summed E-state index contributed by atoms with van der Waals surface area (Å²) in [6, 6.07) is 0. The number of aliphatic hydroxyl groups excluding tert-OH is 1. The molecule has 92 valence electrons. The van der Waals surface area contributed by atoms with Crippen molar-refractivity contribution >= 4 is 5.91 Å². The van der Waals surface area contributed by atoms with Crippen LogP contribution in [0.25, 0.3) is 0 Å². The molecule has 2 aliphatic rings. The molecule has 5 nitrogen and oxygen atoms in total. The standard InChI is InChI=1S/C11H20N2O3/c14-8-11(1-3-16-4-2-11)13-10(15)5-9-6-12-7-9/h9,12,14H,1-8H2,(H,13,15). The topological polar surface area (TPSA) is 70.6 Å². The van der Waals surface area contributed by atoms with Gasteiger partial charge in [0.2, 0.25) is 5.91 Å². The molecule has 2 aliphatic heterocycles. The van der Waals surface area contributed by atoms with Crippen molar-refractivity contribution in [2.75, 3.05) is 32.9 Å². The van der Waals surface area contributed by atoms with Crippen molar-refractivity contribution < 1.29 is 14.6 Å². The van der Waals surface area contributed by atoms with Gasteiger partial charge in [0.15, 0.2) is 0 Å². The highest BCUT2D eigenvalue weighted by molar-refractivity contribution is 5.77. The summed E-state index contributed by atoms with van der Waals surface area (Å²) in [6.07, 6.45) is 1.98. The molecule has 0 bridgehead atoms. The number of hydrogen-bond acceptors (Lipinski definition) is 4. The minimum atomic E-state index is -0.438. The highest BCUT2D eigenvalue weighted by atomic mass is 16.5. The van der Waals surface area contributed by atoms with Gasteiger partial charge in [-0.25, -0.2) is 0 Å². The van der Waals surface area contributed by atoms with Crippen LogP contribution in [0.1, 0.15) is 19.3 Å². The number of rotatable bonds is 4. The second kappa shape index (κ2) is 5.12. The average molecular weight is 228 g/mol. The average Bonchev–Trinajstić information content (AvgIpc) is 2.25. The van der Waals surface area contributed by atoms with Gasteiger partial charge in [-0.2, -0.15) is 0 Å². The normalized spacial score (nSPS) is 24.8. The summed E-state index contributed by atoms with van der Waals surface area (Å²) >= 11 is 0. The zero-order valence-electron chi connectivity index (χ0n) is 9.50. The third-order valence-corrected chi connectivity index (χ3v) is 3.50. The number of hydrogen-bond donors (Lipinski definition) is 3. The van der Waals surface area contributed by atoms with Crippen LogP contribution in [0, 0.1) is 5.92 Å². The first-order valence-electron chi connectivity index (χ1n) is 5.94. The zero-order chi connectivity index (χ0) is 11.4. The van der Waals surface area contributed by atoms with Crippen LogP contribution < -0.4 is 10.6 Å². The smallest absolute Gasteiger partial charge is 0.220 e. The lowest BCUT2D eigenvalue weighted by Gasteiger charge is -2.37. The van der Waals surface area contributed by atoms with Crippen LogP contribution in [0.4, 0.5) is 0 Å². The van der Waals surface area contributed by atoms with Gasteiger partial charge in [-0.3, -0.25) is 4.79 Å². The Morgan fingerprint density at radius 2 is 2.12 bits per heavy atom. The second-order valence-electron chi connectivity index (χ2n) is 4.83. The van der Waals surface area contributed by atoms with Gasteiger partial charge in [0, 0.05) is 19.6 Å². The largest absolute Gasteiger partial charge is 0.394 e. The number of carbonyl (C=O) groups is 1. The summed E-state index contributed by atoms with van der Waals surface area (Å²) in [4.78, 5) is 11.8. The molecule has 0 spiro atoms. The fraction of sp³-hybridized carbons (Fsp3) is 0.909. The molecule has 0 saturated carbocycles. The van der Waals surface area contributed by atoms with Gasteiger partial charge in [-0.05, 0) is 31.8 Å². The molecule has 0 aliphatic carbocycles. The molecule has 0 atom stereocenters. The Hall–Kier alpha value is -0.650. The van der Waals surface area contributed by atoms with E-state index in [1.165, 1.54) is 0 Å². The van der Waals surface area contributed by atoms with Crippen LogP contribution in [-0.4, -0.2) is 49.5 Å². The molecule has 2 rings (SSSR count). The van der Waals surface area contributed by atoms with E-state index in [0.717, 1.165) is 13.1 Å². The van der Waals surface area contributed by atoms with Crippen LogP contribution in [0.2, 0.25) is 0 Å². The minimum absolute atomic E-state index is 0.00498. The Kier molecular flexibility index (Phi) is 3.78. The summed E-state index contributed by atoms with van der Waals surface area (Å²) in [6.45, 7) is 3.11. The van der Waals surface area contributed by atoms with E-state index in [1.54, 1.807) is 0 Å². The van der Waals surface area contributed by atoms with Crippen LogP contribution in [-0.2, 0) is 9.53 Å². The van der Waals surface area contributed by atoms with E-state index in [9.17, 15) is 9.90 Å². The second-order valence-corrected chi connectivity index (χ2v) is 4.83. The first kappa shape index (κ1) is 11.8. The van der Waals surface area contributed by atoms with Crippen molar-refractivity contribution in [3.05, 3.63) is 0 Å². The van der Waals surface area contributed by atoms with E-state index < -0.39 is 5.54 Å². The molecule has 0 aromatic carbocycles. The van der Waals surface area contributed by atoms with Crippen LogP contribution in [0.3, 0.4) is 0 Å². The van der Waals surface area contributed by atoms with E-state index in [1.807, 2.05) is 0 Å². The first-order chi connectivity index (χ1) is 7.74. The lowest BCUT2D eigenvalue weighted by Crippen LogP contribution is -2.56. The molecule has 5 heteroatoms. The van der Waals surface area contributed by atoms with E-state index in [0.29, 0.717) is 38.4 Å². The lowest BCUT2D eigenvalue weighted by molar-refractivity contribution is -0.126. The molecule has 0 radical (unpaired) electrons. The van der Waals surface area contributed by atoms with Crippen molar-refractivity contribution in [3.63, 3.8) is 0 Å². The van der Waals surface area contributed by atoms with Gasteiger partial charge >= 0.3 is 0 Å². The van der Waals surface area contributed by atoms with Crippen molar-refractivity contribution in [1.29, 1.82) is 0 Å². The fourth-order valence-electron chi connectivity index (χ4n) is 2.19. The van der Waals surface area contributed by atoms with Gasteiger partial charge in [0.05, 0.1) is 12.1 Å². The molecular formula is C11H20N2O3. The first-order valence-corrected chi connectivity index (χ1v) is 5.94. The Morgan fingerprint density at radius 1 is 1.44 bits per heavy atom. The molecule has 2 saturated heterocycles. The molecule has 2 fully saturated rings. The molecule has 0 aromatic heterocycles. The molecule has 0 aromatic rings. The maximum Gasteiger partial charge on any atom is 0.220 e. The van der Waals surface area contributed by atoms with Gasteiger partial charge in [-0.15, -0.1) is 0 Å². The summed E-state index contributed by atoms with van der Waals surface area (Å²) in [5.74, 6) is 0.526. The third-order valence-electron chi connectivity index (χ3n) is 3.50. The molecule has 0 unspecified atom stereocenters. The van der Waals surface area contributed by atoms with Crippen molar-refractivity contribution in [3.8, 4) is 0 Å². The third kappa shape index (κ3) is 2.72. The minimum Gasteiger partial charge on any atom is -0.394 e. The summed E-state index contributed by atoms with van der Waals surface area (Å²) in [7, 11) is 0. The van der Waals surface area contributed by atoms with Gasteiger partial charge < -0.3 is 20.5 Å². The van der Waals surface area contributed by atoms with Crippen molar-refractivity contribution in [2.24, 2.45) is 5.92 Å². The quantitative estimate of drug-likeness (QED) is 0.592. The SMILES string of the molecule is O=C(CC1CNC1)NC1(CO)CCOCC1. The maximum absolute atomic E-state index is 11.8. The van der Waals surface area contributed by atoms with Crippen LogP contribution >= 0.6 is 0 Å². The number of nitrogens with one attached hydrogen (secondary N) is 2. The molecular weight excluding hydrogens is 208 g/mol. The highest BCUT2D eigenvalue weighted by Gasteiger charge is 2.34. The Bertz CT molecular complexity index is 248. The van der Waals surface area contributed by atoms with Gasteiger partial charge in [0.1, 0.15) is 0 Å². The summed E-state index contributed by atoms with van der Waals surface area (Å²) in [5, 5.41) is 15.5. The molecule has 2 heterocycles. The number of carbonyl (C=O) groups excluding carboxylic acids is 1. The highest BCUT2D eigenvalue weighted by Crippen LogP contribution is 2.20. The Balaban J connectivity index is 1.82. The number of amides is 1. The number of aliphatic hydroxyl groups is 1. The van der Waals surface area contributed by atoms with Crippen LogP contribution in [0.5, 0.6) is 0 Å². The summed E-state index contributed by atoms with van der Waals surface area (Å²) < 4.78 is 5.25. The molecule has 1 amide bonds. The lowest BCUT2D eigenvalue weighted by atomic mass is 9.90. The monoisotopic (exact) mass is 228 g/mol. The van der Waals surface area contributed by atoms with E-state index >= 15 is 0 Å². The maximum atomic E-state index is 11.8. The predicted molar refractivity (Wildman–Crippen MR) is 59.0 cm³/mol. The number of ether oxygens (including phenoxy) is 1. The Labute approximate surface area is 95.5 Å². The zero-order valence-corrected chi connectivity index (χ0v) is 9.50. The van der Waals surface area contributed by atoms with E-state index in [-0.39, 0.29) is 12.5 Å². The van der Waals surface area contributed by atoms with Gasteiger partial charge in [-0.1, -0.05) is 0 Å². The predicted octanol–water partition coefficient (Wildman–Crippen LogP) is -0.746. The molecule has 3 N–H and O–H groups in total. The van der Waals surface area contributed by atoms with Crippen LogP contribution in [0.15, 0.2) is 0 Å². The van der Waals surface area contributed by atoms with Crippen molar-refractivity contribution in [2.45, 2.75) is 24.8 Å².